The van der Waals surface area contributed by atoms with Gasteiger partial charge in [0.05, 0.1) is 12.2 Å². The van der Waals surface area contributed by atoms with Gasteiger partial charge in [-0.25, -0.2) is 4.79 Å². The summed E-state index contributed by atoms with van der Waals surface area (Å²) in [5.41, 5.74) is 9.81. The molecule has 4 rings (SSSR count). The van der Waals surface area contributed by atoms with Crippen molar-refractivity contribution < 1.29 is 13.5 Å². The minimum Gasteiger partial charge on any atom is -0.435 e. The number of halogens is 2. The molecule has 1 aromatic heterocycles. The number of aromatic nitrogens is 3. The van der Waals surface area contributed by atoms with Crippen molar-refractivity contribution in [1.82, 2.24) is 25.2 Å². The highest BCUT2D eigenvalue weighted by atomic mass is 19.3. The van der Waals surface area contributed by atoms with Gasteiger partial charge in [0, 0.05) is 19.0 Å². The standard InChI is InChI=1S/C21H23F2N5O2/c1-2-15-9-17(6-7-19(15)16-10-24-25-11-16)28-21(29)27(13-26-28)12-14-4-3-5-18(8-14)30-20(22)23/h3-9,13,16,20,24-25H,2,10-12H2,1H3. The van der Waals surface area contributed by atoms with Crippen LogP contribution in [0.2, 0.25) is 0 Å². The first-order valence-corrected chi connectivity index (χ1v) is 9.82. The Labute approximate surface area is 172 Å². The van der Waals surface area contributed by atoms with Crippen LogP contribution in [0.1, 0.15) is 29.5 Å². The lowest BCUT2D eigenvalue weighted by atomic mass is 9.93. The van der Waals surface area contributed by atoms with Crippen molar-refractivity contribution in [1.29, 1.82) is 0 Å². The fraction of sp³-hybridized carbons (Fsp3) is 0.333. The number of rotatable bonds is 7. The summed E-state index contributed by atoms with van der Waals surface area (Å²) < 4.78 is 32.1. The zero-order chi connectivity index (χ0) is 21.1. The van der Waals surface area contributed by atoms with Gasteiger partial charge < -0.3 is 4.74 Å². The van der Waals surface area contributed by atoms with Crippen LogP contribution in [-0.4, -0.2) is 34.0 Å². The monoisotopic (exact) mass is 415 g/mol. The first-order valence-electron chi connectivity index (χ1n) is 9.82. The Morgan fingerprint density at radius 2 is 2.00 bits per heavy atom. The summed E-state index contributed by atoms with van der Waals surface area (Å²) in [6, 6.07) is 12.3. The molecule has 158 valence electrons. The Balaban J connectivity index is 1.58. The average molecular weight is 415 g/mol. The number of hydrogen-bond acceptors (Lipinski definition) is 5. The van der Waals surface area contributed by atoms with Crippen LogP contribution in [0, 0.1) is 0 Å². The summed E-state index contributed by atoms with van der Waals surface area (Å²) in [6.45, 7) is 1.15. The molecule has 0 radical (unpaired) electrons. The maximum Gasteiger partial charge on any atom is 0.387 e. The van der Waals surface area contributed by atoms with Crippen LogP contribution in [0.25, 0.3) is 5.69 Å². The van der Waals surface area contributed by atoms with Crippen molar-refractivity contribution in [2.24, 2.45) is 0 Å². The predicted octanol–water partition coefficient (Wildman–Crippen LogP) is 2.44. The van der Waals surface area contributed by atoms with Crippen molar-refractivity contribution in [2.45, 2.75) is 32.4 Å². The zero-order valence-electron chi connectivity index (χ0n) is 16.5. The van der Waals surface area contributed by atoms with E-state index >= 15 is 0 Å². The molecule has 1 aliphatic heterocycles. The first kappa shape index (κ1) is 20.2. The number of alkyl halides is 2. The van der Waals surface area contributed by atoms with Crippen molar-refractivity contribution >= 4 is 0 Å². The molecule has 0 amide bonds. The molecule has 1 aliphatic rings. The van der Waals surface area contributed by atoms with Crippen molar-refractivity contribution in [3.05, 3.63) is 76.0 Å². The topological polar surface area (TPSA) is 73.1 Å². The number of hydrazine groups is 1. The lowest BCUT2D eigenvalue weighted by molar-refractivity contribution is -0.0498. The maximum atomic E-state index is 12.9. The van der Waals surface area contributed by atoms with E-state index in [9.17, 15) is 13.6 Å². The molecule has 0 unspecified atom stereocenters. The Morgan fingerprint density at radius 1 is 1.20 bits per heavy atom. The van der Waals surface area contributed by atoms with Gasteiger partial charge in [0.15, 0.2) is 0 Å². The summed E-state index contributed by atoms with van der Waals surface area (Å²) in [4.78, 5) is 12.9. The molecule has 0 spiro atoms. The fourth-order valence-corrected chi connectivity index (χ4v) is 3.75. The van der Waals surface area contributed by atoms with E-state index in [0.717, 1.165) is 19.5 Å². The van der Waals surface area contributed by atoms with Gasteiger partial charge >= 0.3 is 12.3 Å². The average Bonchev–Trinajstić information content (AvgIpc) is 3.38. The van der Waals surface area contributed by atoms with Crippen LogP contribution in [0.3, 0.4) is 0 Å². The third-order valence-corrected chi connectivity index (χ3v) is 5.22. The summed E-state index contributed by atoms with van der Waals surface area (Å²) in [7, 11) is 0. The van der Waals surface area contributed by atoms with E-state index in [0.29, 0.717) is 17.2 Å². The zero-order valence-corrected chi connectivity index (χ0v) is 16.5. The smallest absolute Gasteiger partial charge is 0.387 e. The highest BCUT2D eigenvalue weighted by Gasteiger charge is 2.20. The lowest BCUT2D eigenvalue weighted by Crippen LogP contribution is -2.24. The first-order chi connectivity index (χ1) is 14.5. The van der Waals surface area contributed by atoms with E-state index in [2.05, 4.69) is 33.7 Å². The number of hydrogen-bond donors (Lipinski definition) is 2. The van der Waals surface area contributed by atoms with Crippen LogP contribution in [0.4, 0.5) is 8.78 Å². The second-order valence-electron chi connectivity index (χ2n) is 7.17. The lowest BCUT2D eigenvalue weighted by Gasteiger charge is -2.14. The molecule has 1 saturated heterocycles. The molecule has 0 saturated carbocycles. The Kier molecular flexibility index (Phi) is 5.91. The van der Waals surface area contributed by atoms with Crippen LogP contribution in [-0.2, 0) is 13.0 Å². The highest BCUT2D eigenvalue weighted by molar-refractivity contribution is 5.42. The van der Waals surface area contributed by atoms with Gasteiger partial charge in [0.1, 0.15) is 12.1 Å². The van der Waals surface area contributed by atoms with Gasteiger partial charge in [-0.05, 0) is 47.4 Å². The second-order valence-corrected chi connectivity index (χ2v) is 7.17. The van der Waals surface area contributed by atoms with Gasteiger partial charge in [-0.2, -0.15) is 18.6 Å². The van der Waals surface area contributed by atoms with Gasteiger partial charge in [0.2, 0.25) is 0 Å². The number of ether oxygens (including phenoxy) is 1. The van der Waals surface area contributed by atoms with Gasteiger partial charge in [-0.1, -0.05) is 25.1 Å². The number of benzene rings is 2. The molecule has 0 aliphatic carbocycles. The normalized spacial score (nSPS) is 14.5. The fourth-order valence-electron chi connectivity index (χ4n) is 3.75. The van der Waals surface area contributed by atoms with Crippen molar-refractivity contribution in [3.8, 4) is 11.4 Å². The van der Waals surface area contributed by atoms with Gasteiger partial charge in [0.25, 0.3) is 0 Å². The summed E-state index contributed by atoms with van der Waals surface area (Å²) in [6.07, 6.45) is 2.30. The Bertz CT molecular complexity index is 1070. The minimum absolute atomic E-state index is 0.0574. The molecule has 9 heteroatoms. The Hall–Kier alpha value is -3.04. The summed E-state index contributed by atoms with van der Waals surface area (Å²) in [5.74, 6) is 0.452. The molecule has 0 bridgehead atoms. The largest absolute Gasteiger partial charge is 0.435 e. The summed E-state index contributed by atoms with van der Waals surface area (Å²) in [5, 5.41) is 4.25. The summed E-state index contributed by atoms with van der Waals surface area (Å²) >= 11 is 0. The SMILES string of the molecule is CCc1cc(-n2ncn(Cc3cccc(OC(F)F)c3)c2=O)ccc1C1CNNC1. The molecule has 0 atom stereocenters. The highest BCUT2D eigenvalue weighted by Crippen LogP contribution is 2.24. The molecule has 2 heterocycles. The Morgan fingerprint density at radius 3 is 2.73 bits per heavy atom. The number of aryl methyl sites for hydroxylation is 1. The van der Waals surface area contributed by atoms with E-state index in [1.54, 1.807) is 12.1 Å². The molecule has 1 fully saturated rings. The van der Waals surface area contributed by atoms with Crippen LogP contribution in [0.5, 0.6) is 5.75 Å². The van der Waals surface area contributed by atoms with E-state index in [4.69, 9.17) is 0 Å². The molecule has 2 aromatic carbocycles. The van der Waals surface area contributed by atoms with Crippen molar-refractivity contribution in [3.63, 3.8) is 0 Å². The number of nitrogens with one attached hydrogen (secondary N) is 2. The van der Waals surface area contributed by atoms with E-state index in [-0.39, 0.29) is 18.0 Å². The molecule has 7 nitrogen and oxygen atoms in total. The van der Waals surface area contributed by atoms with E-state index in [1.165, 1.54) is 38.8 Å². The van der Waals surface area contributed by atoms with Gasteiger partial charge in [-0.3, -0.25) is 15.4 Å². The van der Waals surface area contributed by atoms with E-state index in [1.807, 2.05) is 12.1 Å². The molecule has 30 heavy (non-hydrogen) atoms. The van der Waals surface area contributed by atoms with Crippen LogP contribution >= 0.6 is 0 Å². The predicted molar refractivity (Wildman–Crippen MR) is 108 cm³/mol. The molecule has 3 aromatic rings. The van der Waals surface area contributed by atoms with Crippen molar-refractivity contribution in [2.75, 3.05) is 13.1 Å². The van der Waals surface area contributed by atoms with Crippen LogP contribution < -0.4 is 21.3 Å². The molecule has 2 N–H and O–H groups in total. The van der Waals surface area contributed by atoms with E-state index < -0.39 is 6.61 Å². The third kappa shape index (κ3) is 4.27. The molecular weight excluding hydrogens is 392 g/mol. The third-order valence-electron chi connectivity index (χ3n) is 5.22. The second kappa shape index (κ2) is 8.76. The number of nitrogens with zero attached hydrogens (tertiary/aromatic N) is 3. The quantitative estimate of drug-likeness (QED) is 0.620. The maximum absolute atomic E-state index is 12.9. The minimum atomic E-state index is -2.89. The van der Waals surface area contributed by atoms with Crippen LogP contribution in [0.15, 0.2) is 53.6 Å². The van der Waals surface area contributed by atoms with Gasteiger partial charge in [-0.15, -0.1) is 0 Å². The molecular formula is C21H23F2N5O2.